The molecule has 2 aromatic rings. The third-order valence-electron chi connectivity index (χ3n) is 3.78. The predicted octanol–water partition coefficient (Wildman–Crippen LogP) is 4.80. The second kappa shape index (κ2) is 7.36. The summed E-state index contributed by atoms with van der Waals surface area (Å²) >= 11 is 1.47. The van der Waals surface area contributed by atoms with Gasteiger partial charge in [0.05, 0.1) is 10.8 Å². The molecule has 0 spiro atoms. The molecule has 1 aromatic heterocycles. The van der Waals surface area contributed by atoms with Crippen molar-refractivity contribution in [2.24, 2.45) is 5.92 Å². The average molecular weight is 316 g/mol. The summed E-state index contributed by atoms with van der Waals surface area (Å²) in [7, 11) is 0. The minimum absolute atomic E-state index is 0.0306. The molecule has 0 bridgehead atoms. The van der Waals surface area contributed by atoms with Gasteiger partial charge in [-0.25, -0.2) is 0 Å². The lowest BCUT2D eigenvalue weighted by Gasteiger charge is -2.07. The van der Waals surface area contributed by atoms with Gasteiger partial charge in [0.25, 0.3) is 0 Å². The summed E-state index contributed by atoms with van der Waals surface area (Å²) in [6.45, 7) is 3.88. The molecule has 1 heterocycles. The number of thiophene rings is 1. The molecule has 0 amide bonds. The molecule has 1 aromatic carbocycles. The Balaban J connectivity index is 2.03. The van der Waals surface area contributed by atoms with Crippen molar-refractivity contribution in [1.29, 1.82) is 0 Å². The van der Waals surface area contributed by atoms with Gasteiger partial charge in [0.15, 0.2) is 5.78 Å². The molecule has 1 atom stereocenters. The zero-order valence-electron chi connectivity index (χ0n) is 12.8. The van der Waals surface area contributed by atoms with Gasteiger partial charge < -0.3 is 5.11 Å². The molecule has 4 heteroatoms. The number of hydrogen-bond donors (Lipinski definition) is 1. The summed E-state index contributed by atoms with van der Waals surface area (Å²) in [6, 6.07) is 12.0. The largest absolute Gasteiger partial charge is 0.481 e. The number of aryl methyl sites for hydroxylation is 1. The second-order valence-electron chi connectivity index (χ2n) is 5.44. The highest BCUT2D eigenvalue weighted by atomic mass is 32.1. The number of benzene rings is 1. The van der Waals surface area contributed by atoms with Crippen LogP contribution in [0, 0.1) is 12.8 Å². The molecule has 3 nitrogen and oxygen atoms in total. The molecule has 22 heavy (non-hydrogen) atoms. The molecular weight excluding hydrogens is 296 g/mol. The fraction of sp³-hybridized carbons (Fsp3) is 0.333. The Morgan fingerprint density at radius 3 is 2.41 bits per heavy atom. The normalized spacial score (nSPS) is 12.1. The van der Waals surface area contributed by atoms with Crippen molar-refractivity contribution in [2.75, 3.05) is 0 Å². The highest BCUT2D eigenvalue weighted by Crippen LogP contribution is 2.29. The molecule has 0 aliphatic heterocycles. The molecule has 116 valence electrons. The number of hydrogen-bond acceptors (Lipinski definition) is 3. The van der Waals surface area contributed by atoms with E-state index < -0.39 is 11.9 Å². The lowest BCUT2D eigenvalue weighted by atomic mass is 9.99. The second-order valence-corrected chi connectivity index (χ2v) is 6.52. The fourth-order valence-corrected chi connectivity index (χ4v) is 3.27. The minimum atomic E-state index is -0.818. The molecule has 2 rings (SSSR count). The monoisotopic (exact) mass is 316 g/mol. The van der Waals surface area contributed by atoms with Crippen molar-refractivity contribution in [3.8, 4) is 10.4 Å². The highest BCUT2D eigenvalue weighted by molar-refractivity contribution is 7.17. The van der Waals surface area contributed by atoms with Gasteiger partial charge in [-0.05, 0) is 37.5 Å². The SMILES string of the molecule is CCC(CCC(=O)c1ccc(-c2ccc(C)cc2)s1)C(=O)O. The molecular formula is C18H20O3S. The van der Waals surface area contributed by atoms with E-state index in [1.807, 2.05) is 38.1 Å². The van der Waals surface area contributed by atoms with Crippen LogP contribution in [0.2, 0.25) is 0 Å². The summed E-state index contributed by atoms with van der Waals surface area (Å²) in [4.78, 5) is 25.0. The van der Waals surface area contributed by atoms with Crippen molar-refractivity contribution in [1.82, 2.24) is 0 Å². The minimum Gasteiger partial charge on any atom is -0.481 e. The van der Waals surface area contributed by atoms with E-state index in [4.69, 9.17) is 5.11 Å². The third-order valence-corrected chi connectivity index (χ3v) is 4.95. The van der Waals surface area contributed by atoms with Crippen molar-refractivity contribution >= 4 is 23.1 Å². The maximum absolute atomic E-state index is 12.2. The standard InChI is InChI=1S/C18H20O3S/c1-3-13(18(20)21)8-9-15(19)17-11-10-16(22-17)14-6-4-12(2)5-7-14/h4-7,10-11,13H,3,8-9H2,1-2H3,(H,20,21). The van der Waals surface area contributed by atoms with Crippen molar-refractivity contribution < 1.29 is 14.7 Å². The van der Waals surface area contributed by atoms with E-state index in [0.29, 0.717) is 24.1 Å². The maximum Gasteiger partial charge on any atom is 0.306 e. The maximum atomic E-state index is 12.2. The Bertz CT molecular complexity index is 655. The van der Waals surface area contributed by atoms with Gasteiger partial charge in [-0.15, -0.1) is 11.3 Å². The van der Waals surface area contributed by atoms with Crippen LogP contribution >= 0.6 is 11.3 Å². The highest BCUT2D eigenvalue weighted by Gasteiger charge is 2.18. The first-order chi connectivity index (χ1) is 10.5. The van der Waals surface area contributed by atoms with Crippen molar-refractivity contribution in [2.45, 2.75) is 33.1 Å². The molecule has 0 aliphatic carbocycles. The molecule has 0 fully saturated rings. The number of rotatable bonds is 7. The summed E-state index contributed by atoms with van der Waals surface area (Å²) in [5, 5.41) is 9.02. The van der Waals surface area contributed by atoms with Crippen molar-refractivity contribution in [3.63, 3.8) is 0 Å². The number of aliphatic carboxylic acids is 1. The molecule has 1 N–H and O–H groups in total. The number of carboxylic acid groups (broad SMARTS) is 1. The Morgan fingerprint density at radius 2 is 1.82 bits per heavy atom. The molecule has 0 saturated carbocycles. The van der Waals surface area contributed by atoms with Crippen LogP contribution in [-0.4, -0.2) is 16.9 Å². The van der Waals surface area contributed by atoms with Gasteiger partial charge in [0.2, 0.25) is 0 Å². The van der Waals surface area contributed by atoms with Gasteiger partial charge in [-0.1, -0.05) is 36.8 Å². The number of Topliss-reactive ketones (excluding diaryl/α,β-unsaturated/α-hetero) is 1. The number of carboxylic acids is 1. The summed E-state index contributed by atoms with van der Waals surface area (Å²) in [6.07, 6.45) is 1.25. The zero-order valence-corrected chi connectivity index (χ0v) is 13.7. The predicted molar refractivity (Wildman–Crippen MR) is 89.5 cm³/mol. The number of ketones is 1. The van der Waals surface area contributed by atoms with E-state index >= 15 is 0 Å². The first-order valence-corrected chi connectivity index (χ1v) is 8.25. The number of carbonyl (C=O) groups is 2. The summed E-state index contributed by atoms with van der Waals surface area (Å²) in [5.41, 5.74) is 2.31. The Hall–Kier alpha value is -1.94. The first-order valence-electron chi connectivity index (χ1n) is 7.44. The Labute approximate surface area is 134 Å². The van der Waals surface area contributed by atoms with Crippen LogP contribution in [0.5, 0.6) is 0 Å². The topological polar surface area (TPSA) is 54.4 Å². The van der Waals surface area contributed by atoms with E-state index in [1.165, 1.54) is 16.9 Å². The van der Waals surface area contributed by atoms with Gasteiger partial charge in [0, 0.05) is 11.3 Å². The summed E-state index contributed by atoms with van der Waals surface area (Å²) in [5.74, 6) is -1.22. The zero-order chi connectivity index (χ0) is 16.1. The average Bonchev–Trinajstić information content (AvgIpc) is 2.98. The number of carbonyl (C=O) groups excluding carboxylic acids is 1. The van der Waals surface area contributed by atoms with Crippen LogP contribution in [0.3, 0.4) is 0 Å². The van der Waals surface area contributed by atoms with E-state index in [2.05, 4.69) is 12.1 Å². The smallest absolute Gasteiger partial charge is 0.306 e. The van der Waals surface area contributed by atoms with Crippen LogP contribution in [0.15, 0.2) is 36.4 Å². The van der Waals surface area contributed by atoms with Crippen molar-refractivity contribution in [3.05, 3.63) is 46.8 Å². The molecule has 1 unspecified atom stereocenters. The molecule has 0 aliphatic rings. The van der Waals surface area contributed by atoms with Gasteiger partial charge in [0.1, 0.15) is 0 Å². The Morgan fingerprint density at radius 1 is 1.14 bits per heavy atom. The van der Waals surface area contributed by atoms with Crippen LogP contribution in [0.1, 0.15) is 41.4 Å². The third kappa shape index (κ3) is 4.04. The van der Waals surface area contributed by atoms with Gasteiger partial charge in [-0.3, -0.25) is 9.59 Å². The quantitative estimate of drug-likeness (QED) is 0.747. The van der Waals surface area contributed by atoms with E-state index in [9.17, 15) is 9.59 Å². The van der Waals surface area contributed by atoms with E-state index in [-0.39, 0.29) is 5.78 Å². The van der Waals surface area contributed by atoms with Crippen LogP contribution in [-0.2, 0) is 4.79 Å². The Kier molecular flexibility index (Phi) is 5.50. The molecule has 0 radical (unpaired) electrons. The van der Waals surface area contributed by atoms with Gasteiger partial charge >= 0.3 is 5.97 Å². The van der Waals surface area contributed by atoms with E-state index in [0.717, 1.165) is 10.4 Å². The van der Waals surface area contributed by atoms with Crippen LogP contribution in [0.4, 0.5) is 0 Å². The fourth-order valence-electron chi connectivity index (χ4n) is 2.29. The molecule has 0 saturated heterocycles. The lowest BCUT2D eigenvalue weighted by molar-refractivity contribution is -0.142. The van der Waals surface area contributed by atoms with Crippen LogP contribution in [0.25, 0.3) is 10.4 Å². The first kappa shape index (κ1) is 16.4. The van der Waals surface area contributed by atoms with E-state index in [1.54, 1.807) is 0 Å². The van der Waals surface area contributed by atoms with Crippen LogP contribution < -0.4 is 0 Å². The van der Waals surface area contributed by atoms with Gasteiger partial charge in [-0.2, -0.15) is 0 Å². The summed E-state index contributed by atoms with van der Waals surface area (Å²) < 4.78 is 0. The lowest BCUT2D eigenvalue weighted by Crippen LogP contribution is -2.14.